The van der Waals surface area contributed by atoms with Gasteiger partial charge in [0, 0.05) is 32.3 Å². The number of hydrogen-bond donors (Lipinski definition) is 0. The molecule has 0 N–H and O–H groups in total. The van der Waals surface area contributed by atoms with Crippen molar-refractivity contribution in [2.45, 2.75) is 0 Å². The van der Waals surface area contributed by atoms with Gasteiger partial charge in [-0.25, -0.2) is 9.59 Å². The molecule has 0 heterocycles. The zero-order valence-electron chi connectivity index (χ0n) is 26.3. The van der Waals surface area contributed by atoms with Crippen molar-refractivity contribution in [3.63, 3.8) is 0 Å². The van der Waals surface area contributed by atoms with Crippen LogP contribution in [0.4, 0.5) is 0 Å². The zero-order valence-corrected chi connectivity index (χ0v) is 32.4. The Labute approximate surface area is 338 Å². The first-order chi connectivity index (χ1) is 25.5. The van der Waals surface area contributed by atoms with Crippen molar-refractivity contribution in [3.8, 4) is 0 Å². The van der Waals surface area contributed by atoms with Gasteiger partial charge >= 0.3 is 11.9 Å². The molecule has 0 aromatic heterocycles. The highest BCUT2D eigenvalue weighted by atomic mass is 35.5. The normalized spacial score (nSPS) is 12.3. The third-order valence-corrected chi connectivity index (χ3v) is 13.5. The van der Waals surface area contributed by atoms with Crippen molar-refractivity contribution in [1.82, 2.24) is 0 Å². The summed E-state index contributed by atoms with van der Waals surface area (Å²) in [7, 11) is 0. The first-order valence-corrected chi connectivity index (χ1v) is 19.0. The number of carbonyl (C=O) groups excluding carboxylic acids is 2. The van der Waals surface area contributed by atoms with Gasteiger partial charge in [-0.15, -0.1) is 0 Å². The van der Waals surface area contributed by atoms with E-state index in [-0.39, 0.29) is 51.3 Å². The second-order valence-corrected chi connectivity index (χ2v) is 15.9. The lowest BCUT2D eigenvalue weighted by molar-refractivity contribution is 0.0401. The molecule has 0 bridgehead atoms. The van der Waals surface area contributed by atoms with Crippen molar-refractivity contribution >= 4 is 191 Å². The van der Waals surface area contributed by atoms with E-state index in [1.807, 2.05) is 72.8 Å². The van der Waals surface area contributed by atoms with Crippen LogP contribution >= 0.6 is 92.8 Å². The van der Waals surface area contributed by atoms with Crippen molar-refractivity contribution in [2.24, 2.45) is 0 Å². The lowest BCUT2D eigenvalue weighted by Gasteiger charge is -2.21. The van der Waals surface area contributed by atoms with E-state index >= 15 is 0 Å². The Hall–Kier alpha value is -3.74. The van der Waals surface area contributed by atoms with Gasteiger partial charge in [0.15, 0.2) is 0 Å². The Balaban J connectivity index is 1.28. The lowest BCUT2D eigenvalue weighted by atomic mass is 9.87. The molecule has 0 atom stereocenters. The first kappa shape index (κ1) is 33.8. The first-order valence-electron chi connectivity index (χ1n) is 16.0. The maximum Gasteiger partial charge on any atom is 0.348 e. The quantitative estimate of drug-likeness (QED) is 0.0753. The maximum atomic E-state index is 14.6. The number of fused-ring (bicyclic) bond motifs is 4. The third kappa shape index (κ3) is 4.45. The van der Waals surface area contributed by atoms with Crippen LogP contribution in [-0.2, 0) is 4.74 Å². The molecule has 0 aliphatic rings. The molecule has 11 heteroatoms. The van der Waals surface area contributed by atoms with Crippen LogP contribution in [0.25, 0.3) is 86.2 Å². The molecule has 10 aromatic carbocycles. The summed E-state index contributed by atoms with van der Waals surface area (Å²) in [6.45, 7) is 0. The summed E-state index contributed by atoms with van der Waals surface area (Å²) in [5.41, 5.74) is -0.252. The molecule has 0 aliphatic heterocycles. The van der Waals surface area contributed by atoms with Crippen LogP contribution in [0.1, 0.15) is 20.7 Å². The van der Waals surface area contributed by atoms with E-state index in [2.05, 4.69) is 0 Å². The number of hydrogen-bond acceptors (Lipinski definition) is 3. The minimum absolute atomic E-state index is 0.0218. The summed E-state index contributed by atoms with van der Waals surface area (Å²) in [6.07, 6.45) is 0. The minimum atomic E-state index is -1.06. The van der Waals surface area contributed by atoms with Crippen LogP contribution in [0.5, 0.6) is 0 Å². The van der Waals surface area contributed by atoms with Crippen LogP contribution in [-0.4, -0.2) is 11.9 Å². The van der Waals surface area contributed by atoms with Crippen molar-refractivity contribution in [2.75, 3.05) is 0 Å². The minimum Gasteiger partial charge on any atom is -0.386 e. The number of benzene rings is 10. The van der Waals surface area contributed by atoms with Gasteiger partial charge in [0.25, 0.3) is 0 Å². The summed E-state index contributed by atoms with van der Waals surface area (Å²) in [5.74, 6) is -2.12. The van der Waals surface area contributed by atoms with Gasteiger partial charge in [-0.2, -0.15) is 0 Å². The van der Waals surface area contributed by atoms with Gasteiger partial charge in [0.2, 0.25) is 0 Å². The van der Waals surface area contributed by atoms with Crippen LogP contribution in [0.3, 0.4) is 0 Å². The molecule has 0 unspecified atom stereocenters. The van der Waals surface area contributed by atoms with Crippen molar-refractivity contribution in [3.05, 3.63) is 136 Å². The van der Waals surface area contributed by atoms with E-state index in [0.717, 1.165) is 32.3 Å². The number of halogens is 8. The molecule has 0 aliphatic carbocycles. The van der Waals surface area contributed by atoms with E-state index in [0.29, 0.717) is 53.9 Å². The summed E-state index contributed by atoms with van der Waals surface area (Å²) < 4.78 is 5.80. The molecule has 53 heavy (non-hydrogen) atoms. The molecular weight excluding hydrogens is 836 g/mol. The van der Waals surface area contributed by atoms with E-state index in [4.69, 9.17) is 97.5 Å². The fourth-order valence-corrected chi connectivity index (χ4v) is 10.3. The molecule has 3 nitrogen and oxygen atoms in total. The standard InChI is InChI=1S/C42H14Cl8O3/c43-23-13-21-17-9-1-5-15-7-3-11-19(25(15)17)27-29(21)31(35(23)45)37(47)39(49)33(27)41(51)53-42(52)34-28-20-12-4-8-16-6-2-10-18(26(16)20)22-14-24(44)36(46)32(30(22)28)38(48)40(34)50/h1-14H. The average Bonchev–Trinajstić information content (AvgIpc) is 3.14. The second-order valence-electron chi connectivity index (χ2n) is 12.8. The highest BCUT2D eigenvalue weighted by Crippen LogP contribution is 2.53. The maximum absolute atomic E-state index is 14.6. The summed E-state index contributed by atoms with van der Waals surface area (Å²) in [5, 5.41) is 11.1. The van der Waals surface area contributed by atoms with Crippen LogP contribution in [0, 0.1) is 0 Å². The molecule has 10 aromatic rings. The molecular formula is C42H14Cl8O3. The van der Waals surface area contributed by atoms with Gasteiger partial charge in [-0.05, 0) is 66.0 Å². The van der Waals surface area contributed by atoms with E-state index in [9.17, 15) is 9.59 Å². The van der Waals surface area contributed by atoms with Crippen LogP contribution in [0.2, 0.25) is 40.2 Å². The topological polar surface area (TPSA) is 43.4 Å². The fraction of sp³-hybridized carbons (Fsp3) is 0. The molecule has 256 valence electrons. The SMILES string of the molecule is O=C(OC(=O)c1c(Cl)c(Cl)c2c(Cl)c(Cl)cc3c4cccc5cccc(c1c23)c54)c1c(Cl)c(Cl)c2c(Cl)c(Cl)cc3c4cccc5cccc(c1c23)c54. The van der Waals surface area contributed by atoms with E-state index in [1.165, 1.54) is 0 Å². The van der Waals surface area contributed by atoms with Crippen LogP contribution < -0.4 is 0 Å². The summed E-state index contributed by atoms with van der Waals surface area (Å²) in [6, 6.07) is 26.6. The Bertz CT molecular complexity index is 3110. The Morgan fingerprint density at radius 1 is 0.358 bits per heavy atom. The van der Waals surface area contributed by atoms with Gasteiger partial charge in [0.05, 0.1) is 51.3 Å². The number of esters is 2. The van der Waals surface area contributed by atoms with Gasteiger partial charge in [-0.3, -0.25) is 0 Å². The molecule has 0 radical (unpaired) electrons. The predicted molar refractivity (Wildman–Crippen MR) is 225 cm³/mol. The molecule has 0 saturated heterocycles. The fourth-order valence-electron chi connectivity index (χ4n) is 8.17. The van der Waals surface area contributed by atoms with Gasteiger partial charge < -0.3 is 4.74 Å². The van der Waals surface area contributed by atoms with Crippen LogP contribution in [0.15, 0.2) is 84.9 Å². The van der Waals surface area contributed by atoms with Gasteiger partial charge in [-0.1, -0.05) is 166 Å². The highest BCUT2D eigenvalue weighted by Gasteiger charge is 2.32. The summed E-state index contributed by atoms with van der Waals surface area (Å²) in [4.78, 5) is 29.2. The Morgan fingerprint density at radius 3 is 1.09 bits per heavy atom. The van der Waals surface area contributed by atoms with Gasteiger partial charge in [0.1, 0.15) is 0 Å². The zero-order chi connectivity index (χ0) is 36.8. The Kier molecular flexibility index (Phi) is 7.58. The van der Waals surface area contributed by atoms with Crippen molar-refractivity contribution in [1.29, 1.82) is 0 Å². The Morgan fingerprint density at radius 2 is 0.717 bits per heavy atom. The largest absolute Gasteiger partial charge is 0.386 e. The third-order valence-electron chi connectivity index (χ3n) is 10.2. The molecule has 0 fully saturated rings. The smallest absolute Gasteiger partial charge is 0.348 e. The highest BCUT2D eigenvalue weighted by molar-refractivity contribution is 6.58. The number of ether oxygens (including phenoxy) is 1. The number of carbonyl (C=O) groups is 2. The van der Waals surface area contributed by atoms with E-state index < -0.39 is 11.9 Å². The summed E-state index contributed by atoms with van der Waals surface area (Å²) >= 11 is 54.7. The monoisotopic (exact) mass is 846 g/mol. The lowest BCUT2D eigenvalue weighted by Crippen LogP contribution is -2.15. The van der Waals surface area contributed by atoms with Crippen molar-refractivity contribution < 1.29 is 14.3 Å². The molecule has 10 rings (SSSR count). The number of rotatable bonds is 2. The average molecular weight is 850 g/mol. The second kappa shape index (κ2) is 11.9. The molecule has 0 amide bonds. The predicted octanol–water partition coefficient (Wildman–Crippen LogP) is 16.0. The molecule has 0 spiro atoms. The van der Waals surface area contributed by atoms with E-state index in [1.54, 1.807) is 12.1 Å². The molecule has 0 saturated carbocycles.